The van der Waals surface area contributed by atoms with E-state index in [0.717, 1.165) is 25.0 Å². The van der Waals surface area contributed by atoms with E-state index in [1.165, 1.54) is 25.7 Å². The Morgan fingerprint density at radius 1 is 1.33 bits per heavy atom. The van der Waals surface area contributed by atoms with Gasteiger partial charge in [-0.15, -0.1) is 0 Å². The predicted molar refractivity (Wildman–Crippen MR) is 60.8 cm³/mol. The van der Waals surface area contributed by atoms with Crippen molar-refractivity contribution >= 4 is 5.96 Å². The second kappa shape index (κ2) is 6.88. The van der Waals surface area contributed by atoms with E-state index in [2.05, 4.69) is 16.4 Å². The summed E-state index contributed by atoms with van der Waals surface area (Å²) in [5.74, 6) is 0.197. The highest BCUT2D eigenvalue weighted by molar-refractivity contribution is 5.80. The van der Waals surface area contributed by atoms with Crippen LogP contribution in [0.2, 0.25) is 0 Å². The molecule has 0 bridgehead atoms. The van der Waals surface area contributed by atoms with Crippen molar-refractivity contribution in [3.05, 3.63) is 11.8 Å². The number of nitrogens with two attached hydrogens (primary N) is 1. The lowest BCUT2D eigenvalue weighted by Crippen LogP contribution is -2.27. The van der Waals surface area contributed by atoms with Gasteiger partial charge in [0.1, 0.15) is 0 Å². The molecule has 0 heterocycles. The van der Waals surface area contributed by atoms with Gasteiger partial charge in [0, 0.05) is 5.70 Å². The van der Waals surface area contributed by atoms with E-state index in [0.29, 0.717) is 0 Å². The van der Waals surface area contributed by atoms with Gasteiger partial charge in [-0.25, -0.2) is 4.99 Å². The van der Waals surface area contributed by atoms with Crippen LogP contribution in [0, 0.1) is 11.5 Å². The molecule has 0 aromatic carbocycles. The molecule has 0 aliphatic heterocycles. The van der Waals surface area contributed by atoms with Crippen LogP contribution in [0.25, 0.3) is 0 Å². The Morgan fingerprint density at radius 3 is 2.87 bits per heavy atom. The Bertz CT molecular complexity index is 285. The molecular weight excluding hydrogens is 188 g/mol. The third kappa shape index (κ3) is 5.06. The molecule has 0 radical (unpaired) electrons. The summed E-state index contributed by atoms with van der Waals surface area (Å²) in [6, 6.07) is 0. The predicted octanol–water partition coefficient (Wildman–Crippen LogP) is 2.00. The van der Waals surface area contributed by atoms with Crippen LogP contribution in [0.5, 0.6) is 0 Å². The number of nitrogens with zero attached hydrogens (tertiary/aromatic N) is 2. The molecule has 82 valence electrons. The van der Waals surface area contributed by atoms with E-state index >= 15 is 0 Å². The number of allylic oxidation sites excluding steroid dienone is 2. The lowest BCUT2D eigenvalue weighted by atomic mass is 10.1. The zero-order valence-corrected chi connectivity index (χ0v) is 9.00. The Hall–Kier alpha value is -1.50. The summed E-state index contributed by atoms with van der Waals surface area (Å²) >= 11 is 0. The van der Waals surface area contributed by atoms with Crippen LogP contribution in [0.1, 0.15) is 44.9 Å². The largest absolute Gasteiger partial charge is 0.369 e. The van der Waals surface area contributed by atoms with E-state index in [9.17, 15) is 0 Å². The monoisotopic (exact) mass is 206 g/mol. The standard InChI is InChI=1S/C11H18N4/c12-9-14-11(13)15-10-7-5-3-1-2-4-6-8-10/h7H,1-6,8H2,(H3,13,14,15)/b10-7+. The minimum Gasteiger partial charge on any atom is -0.369 e. The van der Waals surface area contributed by atoms with E-state index in [4.69, 9.17) is 11.0 Å². The number of rotatable bonds is 1. The SMILES string of the molecule is N#CNC(N)=N/C1=C/CCCCCCC1. The number of nitrogens with one attached hydrogen (secondary N) is 1. The molecule has 1 aliphatic rings. The van der Waals surface area contributed by atoms with Gasteiger partial charge in [-0.3, -0.25) is 5.32 Å². The van der Waals surface area contributed by atoms with Crippen molar-refractivity contribution in [3.63, 3.8) is 0 Å². The average Bonchev–Trinajstić information content (AvgIpc) is 2.32. The number of guanidine groups is 1. The number of hydrogen-bond donors (Lipinski definition) is 2. The van der Waals surface area contributed by atoms with Crippen LogP contribution in [0.4, 0.5) is 0 Å². The van der Waals surface area contributed by atoms with Crippen molar-refractivity contribution in [2.75, 3.05) is 0 Å². The first-order valence-corrected chi connectivity index (χ1v) is 5.51. The fraction of sp³-hybridized carbons (Fsp3) is 0.636. The minimum atomic E-state index is 0.197. The quantitative estimate of drug-likeness (QED) is 0.298. The van der Waals surface area contributed by atoms with E-state index < -0.39 is 0 Å². The molecule has 0 atom stereocenters. The highest BCUT2D eigenvalue weighted by atomic mass is 15.1. The van der Waals surface area contributed by atoms with Gasteiger partial charge in [0.25, 0.3) is 0 Å². The summed E-state index contributed by atoms with van der Waals surface area (Å²) in [6.45, 7) is 0. The van der Waals surface area contributed by atoms with E-state index in [1.807, 2.05) is 0 Å². The highest BCUT2D eigenvalue weighted by Gasteiger charge is 2.01. The molecule has 3 N–H and O–H groups in total. The molecule has 0 saturated carbocycles. The van der Waals surface area contributed by atoms with Gasteiger partial charge < -0.3 is 5.73 Å². The van der Waals surface area contributed by atoms with Crippen molar-refractivity contribution in [2.45, 2.75) is 44.9 Å². The fourth-order valence-electron chi connectivity index (χ4n) is 1.69. The highest BCUT2D eigenvalue weighted by Crippen LogP contribution is 2.17. The molecule has 0 spiro atoms. The second-order valence-electron chi connectivity index (χ2n) is 3.74. The molecule has 0 unspecified atom stereocenters. The lowest BCUT2D eigenvalue weighted by Gasteiger charge is -2.01. The molecule has 0 saturated heterocycles. The van der Waals surface area contributed by atoms with Crippen LogP contribution in [0.15, 0.2) is 16.8 Å². The summed E-state index contributed by atoms with van der Waals surface area (Å²) in [5, 5.41) is 10.7. The lowest BCUT2D eigenvalue weighted by molar-refractivity contribution is 0.628. The van der Waals surface area contributed by atoms with Gasteiger partial charge >= 0.3 is 0 Å². The van der Waals surface area contributed by atoms with Crippen molar-refractivity contribution < 1.29 is 0 Å². The first kappa shape index (κ1) is 11.6. The Kier molecular flexibility index (Phi) is 5.31. The number of nitriles is 1. The van der Waals surface area contributed by atoms with Gasteiger partial charge in [0.05, 0.1) is 0 Å². The first-order valence-electron chi connectivity index (χ1n) is 5.51. The van der Waals surface area contributed by atoms with Crippen LogP contribution < -0.4 is 11.1 Å². The molecule has 15 heavy (non-hydrogen) atoms. The first-order chi connectivity index (χ1) is 7.33. The van der Waals surface area contributed by atoms with Crippen molar-refractivity contribution in [3.8, 4) is 6.19 Å². The van der Waals surface area contributed by atoms with Gasteiger partial charge in [-0.2, -0.15) is 5.26 Å². The topological polar surface area (TPSA) is 74.2 Å². The third-order valence-corrected chi connectivity index (χ3v) is 2.47. The number of aliphatic imine (C=N–C) groups is 1. The van der Waals surface area contributed by atoms with Gasteiger partial charge in [0.15, 0.2) is 6.19 Å². The zero-order valence-electron chi connectivity index (χ0n) is 9.00. The van der Waals surface area contributed by atoms with Crippen molar-refractivity contribution in [1.29, 1.82) is 5.26 Å². The molecule has 0 aromatic rings. The van der Waals surface area contributed by atoms with E-state index in [1.54, 1.807) is 6.19 Å². The smallest absolute Gasteiger partial charge is 0.206 e. The normalized spacial score (nSPS) is 22.6. The van der Waals surface area contributed by atoms with E-state index in [-0.39, 0.29) is 5.96 Å². The molecule has 4 nitrogen and oxygen atoms in total. The average molecular weight is 206 g/mol. The van der Waals surface area contributed by atoms with Crippen LogP contribution in [-0.2, 0) is 0 Å². The maximum Gasteiger partial charge on any atom is 0.206 e. The Labute approximate surface area is 90.9 Å². The van der Waals surface area contributed by atoms with Crippen molar-refractivity contribution in [1.82, 2.24) is 5.32 Å². The molecule has 1 rings (SSSR count). The maximum atomic E-state index is 8.37. The maximum absolute atomic E-state index is 8.37. The minimum absolute atomic E-state index is 0.197. The van der Waals surface area contributed by atoms with Gasteiger partial charge in [-0.1, -0.05) is 25.3 Å². The van der Waals surface area contributed by atoms with Crippen molar-refractivity contribution in [2.24, 2.45) is 10.7 Å². The molecule has 0 fully saturated rings. The summed E-state index contributed by atoms with van der Waals surface area (Å²) in [6.07, 6.45) is 12.2. The summed E-state index contributed by atoms with van der Waals surface area (Å²) in [4.78, 5) is 4.19. The Balaban J connectivity index is 2.56. The molecule has 0 amide bonds. The van der Waals surface area contributed by atoms with Crippen LogP contribution >= 0.6 is 0 Å². The fourth-order valence-corrected chi connectivity index (χ4v) is 1.69. The van der Waals surface area contributed by atoms with Crippen LogP contribution in [0.3, 0.4) is 0 Å². The number of hydrogen-bond acceptors (Lipinski definition) is 2. The third-order valence-electron chi connectivity index (χ3n) is 2.47. The summed E-state index contributed by atoms with van der Waals surface area (Å²) in [5.41, 5.74) is 6.53. The second-order valence-corrected chi connectivity index (χ2v) is 3.74. The molecule has 4 heteroatoms. The molecular formula is C11H18N4. The summed E-state index contributed by atoms with van der Waals surface area (Å²) in [7, 11) is 0. The zero-order chi connectivity index (χ0) is 10.9. The summed E-state index contributed by atoms with van der Waals surface area (Å²) < 4.78 is 0. The van der Waals surface area contributed by atoms with Gasteiger partial charge in [-0.05, 0) is 25.7 Å². The molecule has 1 aliphatic carbocycles. The Morgan fingerprint density at radius 2 is 2.07 bits per heavy atom. The van der Waals surface area contributed by atoms with Gasteiger partial charge in [0.2, 0.25) is 5.96 Å². The molecule has 0 aromatic heterocycles. The van der Waals surface area contributed by atoms with Crippen LogP contribution in [-0.4, -0.2) is 5.96 Å².